The molecule has 2 atom stereocenters. The van der Waals surface area contributed by atoms with E-state index in [0.717, 1.165) is 35.9 Å². The number of carbonyl (C=O) groups excluding carboxylic acids is 1. The van der Waals surface area contributed by atoms with E-state index < -0.39 is 5.92 Å². The van der Waals surface area contributed by atoms with Gasteiger partial charge >= 0.3 is 5.69 Å². The predicted molar refractivity (Wildman–Crippen MR) is 113 cm³/mol. The molecule has 1 aliphatic rings. The summed E-state index contributed by atoms with van der Waals surface area (Å²) in [5, 5.41) is 18.8. The molecule has 2 aromatic heterocycles. The molecule has 1 aromatic carbocycles. The summed E-state index contributed by atoms with van der Waals surface area (Å²) in [7, 11) is 0. The predicted octanol–water partition coefficient (Wildman–Crippen LogP) is 2.84. The monoisotopic (exact) mass is 441 g/mol. The first-order valence-corrected chi connectivity index (χ1v) is 11.3. The Morgan fingerprint density at radius 2 is 2.27 bits per heavy atom. The van der Waals surface area contributed by atoms with Gasteiger partial charge in [-0.25, -0.2) is 14.9 Å². The van der Waals surface area contributed by atoms with Crippen LogP contribution in [0.1, 0.15) is 23.8 Å². The molecule has 1 aliphatic heterocycles. The summed E-state index contributed by atoms with van der Waals surface area (Å²) >= 11 is 2.44. The Morgan fingerprint density at radius 1 is 1.43 bits per heavy atom. The summed E-state index contributed by atoms with van der Waals surface area (Å²) in [6.45, 7) is 1.10. The maximum absolute atomic E-state index is 12.7. The molecule has 0 amide bonds. The van der Waals surface area contributed by atoms with Crippen molar-refractivity contribution in [1.29, 1.82) is 5.26 Å². The fraction of sp³-hybridized carbons (Fsp3) is 0.350. The number of hydrogen-bond acceptors (Lipinski definition) is 8. The third kappa shape index (κ3) is 4.53. The number of thiazole rings is 1. The summed E-state index contributed by atoms with van der Waals surface area (Å²) in [5.41, 5.74) is 1.35. The third-order valence-corrected chi connectivity index (χ3v) is 6.67. The van der Waals surface area contributed by atoms with E-state index in [2.05, 4.69) is 21.3 Å². The third-order valence-electron chi connectivity index (χ3n) is 4.77. The average molecular weight is 442 g/mol. The molecule has 1 N–H and O–H groups in total. The SMILES string of the molecule is N#CC(C(=O)CSc1n[nH]c(=O)n1CC1CCCO1)c1nc(-c2ccccc2)cs1. The maximum Gasteiger partial charge on any atom is 0.344 e. The first-order chi connectivity index (χ1) is 14.7. The molecule has 0 saturated carbocycles. The second kappa shape index (κ2) is 9.38. The quantitative estimate of drug-likeness (QED) is 0.535. The summed E-state index contributed by atoms with van der Waals surface area (Å²) in [6, 6.07) is 11.7. The van der Waals surface area contributed by atoms with Crippen LogP contribution in [0.5, 0.6) is 0 Å². The van der Waals surface area contributed by atoms with Gasteiger partial charge in [-0.3, -0.25) is 9.36 Å². The first kappa shape index (κ1) is 20.5. The van der Waals surface area contributed by atoms with Crippen LogP contribution < -0.4 is 5.69 Å². The van der Waals surface area contributed by atoms with Crippen LogP contribution in [0.15, 0.2) is 45.7 Å². The number of benzene rings is 1. The number of carbonyl (C=O) groups is 1. The van der Waals surface area contributed by atoms with Crippen LogP contribution in [-0.4, -0.2) is 44.0 Å². The first-order valence-electron chi connectivity index (χ1n) is 9.48. The minimum Gasteiger partial charge on any atom is -0.376 e. The van der Waals surface area contributed by atoms with Crippen molar-refractivity contribution in [3.8, 4) is 17.3 Å². The Hall–Kier alpha value is -2.74. The Bertz CT molecular complexity index is 1110. The van der Waals surface area contributed by atoms with Crippen molar-refractivity contribution < 1.29 is 9.53 Å². The van der Waals surface area contributed by atoms with Crippen LogP contribution in [0.2, 0.25) is 0 Å². The van der Waals surface area contributed by atoms with Crippen molar-refractivity contribution in [3.05, 3.63) is 51.2 Å². The minimum atomic E-state index is -0.947. The number of aromatic amines is 1. The second-order valence-electron chi connectivity index (χ2n) is 6.81. The van der Waals surface area contributed by atoms with Crippen molar-refractivity contribution in [1.82, 2.24) is 19.7 Å². The van der Waals surface area contributed by atoms with Crippen molar-refractivity contribution in [3.63, 3.8) is 0 Å². The lowest BCUT2D eigenvalue weighted by Crippen LogP contribution is -2.25. The number of ketones is 1. The highest BCUT2D eigenvalue weighted by Crippen LogP contribution is 2.28. The molecule has 0 bridgehead atoms. The zero-order chi connectivity index (χ0) is 20.9. The minimum absolute atomic E-state index is 0.0195. The van der Waals surface area contributed by atoms with Gasteiger partial charge in [-0.05, 0) is 12.8 Å². The number of nitriles is 1. The molecule has 10 heteroatoms. The standard InChI is InChI=1S/C20H19N5O3S2/c21-9-15(18-22-16(11-29-18)13-5-2-1-3-6-13)17(26)12-30-20-24-23-19(27)25(20)10-14-7-4-8-28-14/h1-3,5-6,11,14-15H,4,7-8,10,12H2,(H,23,27). The maximum atomic E-state index is 12.7. The van der Waals surface area contributed by atoms with Crippen molar-refractivity contribution in [2.75, 3.05) is 12.4 Å². The lowest BCUT2D eigenvalue weighted by molar-refractivity contribution is -0.116. The molecule has 0 aliphatic carbocycles. The van der Waals surface area contributed by atoms with Gasteiger partial charge in [0, 0.05) is 17.6 Å². The van der Waals surface area contributed by atoms with Gasteiger partial charge in [0.15, 0.2) is 16.9 Å². The lowest BCUT2D eigenvalue weighted by atomic mass is 10.1. The van der Waals surface area contributed by atoms with Crippen molar-refractivity contribution in [2.45, 2.75) is 36.6 Å². The van der Waals surface area contributed by atoms with Gasteiger partial charge in [0.25, 0.3) is 0 Å². The van der Waals surface area contributed by atoms with Crippen LogP contribution in [0, 0.1) is 11.3 Å². The van der Waals surface area contributed by atoms with Crippen LogP contribution in [0.3, 0.4) is 0 Å². The molecule has 0 radical (unpaired) electrons. The Labute approximate surface area is 180 Å². The number of nitrogens with zero attached hydrogens (tertiary/aromatic N) is 4. The van der Waals surface area contributed by atoms with Gasteiger partial charge < -0.3 is 4.74 Å². The normalized spacial score (nSPS) is 17.0. The summed E-state index contributed by atoms with van der Waals surface area (Å²) in [4.78, 5) is 29.3. The highest BCUT2D eigenvalue weighted by Gasteiger charge is 2.25. The summed E-state index contributed by atoms with van der Waals surface area (Å²) in [5.74, 6) is -1.19. The summed E-state index contributed by atoms with van der Waals surface area (Å²) < 4.78 is 7.08. The summed E-state index contributed by atoms with van der Waals surface area (Å²) in [6.07, 6.45) is 1.85. The van der Waals surface area contributed by atoms with Crippen molar-refractivity contribution in [2.24, 2.45) is 0 Å². The molecule has 1 saturated heterocycles. The number of rotatable bonds is 8. The van der Waals surface area contributed by atoms with Crippen molar-refractivity contribution >= 4 is 28.9 Å². The smallest absolute Gasteiger partial charge is 0.344 e. The lowest BCUT2D eigenvalue weighted by Gasteiger charge is -2.11. The van der Waals surface area contributed by atoms with Gasteiger partial charge in [-0.15, -0.1) is 16.4 Å². The number of aromatic nitrogens is 4. The van der Waals surface area contributed by atoms with Crippen LogP contribution in [0.4, 0.5) is 0 Å². The van der Waals surface area contributed by atoms with Gasteiger partial charge in [0.2, 0.25) is 0 Å². The zero-order valence-electron chi connectivity index (χ0n) is 16.0. The average Bonchev–Trinajstić information content (AvgIpc) is 3.52. The molecule has 154 valence electrons. The van der Waals surface area contributed by atoms with Gasteiger partial charge in [-0.2, -0.15) is 5.26 Å². The fourth-order valence-corrected chi connectivity index (χ4v) is 4.97. The molecule has 0 spiro atoms. The van der Waals surface area contributed by atoms with E-state index in [1.54, 1.807) is 0 Å². The van der Waals surface area contributed by atoms with Gasteiger partial charge in [0.05, 0.1) is 30.2 Å². The highest BCUT2D eigenvalue weighted by molar-refractivity contribution is 7.99. The number of ether oxygens (including phenoxy) is 1. The number of thioether (sulfide) groups is 1. The Balaban J connectivity index is 1.43. The molecule has 3 heterocycles. The van der Waals surface area contributed by atoms with E-state index >= 15 is 0 Å². The van der Waals surface area contributed by atoms with Crippen LogP contribution in [-0.2, 0) is 16.1 Å². The van der Waals surface area contributed by atoms with E-state index in [9.17, 15) is 14.9 Å². The molecule has 2 unspecified atom stereocenters. The Kier molecular flexibility index (Phi) is 6.42. The van der Waals surface area contributed by atoms with E-state index in [1.807, 2.05) is 35.7 Å². The van der Waals surface area contributed by atoms with Crippen LogP contribution in [0.25, 0.3) is 11.3 Å². The molecule has 3 aromatic rings. The zero-order valence-corrected chi connectivity index (χ0v) is 17.6. The second-order valence-corrected chi connectivity index (χ2v) is 8.64. The fourth-order valence-electron chi connectivity index (χ4n) is 3.21. The number of nitrogens with one attached hydrogen (secondary N) is 1. The van der Waals surface area contributed by atoms with E-state index in [0.29, 0.717) is 23.3 Å². The molecular formula is C20H19N5O3S2. The molecular weight excluding hydrogens is 422 g/mol. The number of hydrogen-bond donors (Lipinski definition) is 1. The number of H-pyrrole nitrogens is 1. The molecule has 1 fully saturated rings. The highest BCUT2D eigenvalue weighted by atomic mass is 32.2. The van der Waals surface area contributed by atoms with E-state index in [1.165, 1.54) is 15.9 Å². The number of Topliss-reactive ketones (excluding diaryl/α,β-unsaturated/α-hetero) is 1. The largest absolute Gasteiger partial charge is 0.376 e. The van der Waals surface area contributed by atoms with Gasteiger partial charge in [-0.1, -0.05) is 42.1 Å². The Morgan fingerprint density at radius 3 is 3.00 bits per heavy atom. The topological polar surface area (TPSA) is 114 Å². The molecule has 8 nitrogen and oxygen atoms in total. The van der Waals surface area contributed by atoms with Crippen LogP contribution >= 0.6 is 23.1 Å². The van der Waals surface area contributed by atoms with E-state index in [4.69, 9.17) is 4.74 Å². The van der Waals surface area contributed by atoms with Gasteiger partial charge in [0.1, 0.15) is 5.01 Å². The molecule has 30 heavy (non-hydrogen) atoms. The molecule has 4 rings (SSSR count). The van der Waals surface area contributed by atoms with E-state index in [-0.39, 0.29) is 23.3 Å².